The normalized spacial score (nSPS) is 17.0. The Morgan fingerprint density at radius 1 is 1.30 bits per heavy atom. The smallest absolute Gasteiger partial charge is 0.339 e. The minimum Gasteiger partial charge on any atom is -0.497 e. The van der Waals surface area contributed by atoms with Crippen molar-refractivity contribution in [2.45, 2.75) is 6.42 Å². The second-order valence-electron chi connectivity index (χ2n) is 6.55. The number of carbonyl (C=O) groups excluding carboxylic acids is 1. The first-order chi connectivity index (χ1) is 14.4. The van der Waals surface area contributed by atoms with Gasteiger partial charge in [-0.3, -0.25) is 4.79 Å². The summed E-state index contributed by atoms with van der Waals surface area (Å²) in [6, 6.07) is 1.92. The number of benzene rings is 1. The third kappa shape index (κ3) is 3.48. The molecule has 0 radical (unpaired) electrons. The predicted molar refractivity (Wildman–Crippen MR) is 106 cm³/mol. The maximum atomic E-state index is 14.5. The molecule has 2 aromatic rings. The van der Waals surface area contributed by atoms with Gasteiger partial charge in [0.25, 0.3) is 5.91 Å². The van der Waals surface area contributed by atoms with Crippen molar-refractivity contribution in [3.63, 3.8) is 0 Å². The number of ether oxygens (including phenoxy) is 2. The number of methoxy groups -OCH3 is 1. The van der Waals surface area contributed by atoms with Crippen molar-refractivity contribution >= 4 is 28.2 Å². The van der Waals surface area contributed by atoms with Gasteiger partial charge in [0, 0.05) is 29.0 Å². The van der Waals surface area contributed by atoms with Gasteiger partial charge in [0.15, 0.2) is 5.76 Å². The zero-order chi connectivity index (χ0) is 21.4. The number of thiophene rings is 1. The Kier molecular flexibility index (Phi) is 5.13. The van der Waals surface area contributed by atoms with Crippen LogP contribution in [-0.2, 0) is 9.53 Å². The first-order valence-electron chi connectivity index (χ1n) is 8.85. The lowest BCUT2D eigenvalue weighted by Gasteiger charge is -2.11. The van der Waals surface area contributed by atoms with Crippen LogP contribution < -0.4 is 10.1 Å². The summed E-state index contributed by atoms with van der Waals surface area (Å²) in [5.41, 5.74) is -1.10. The number of carbonyl (C=O) groups is 2. The van der Waals surface area contributed by atoms with Crippen molar-refractivity contribution in [2.75, 3.05) is 12.4 Å². The zero-order valence-electron chi connectivity index (χ0n) is 15.6. The molecule has 4 rings (SSSR count). The molecular weight excluding hydrogens is 416 g/mol. The van der Waals surface area contributed by atoms with Crippen molar-refractivity contribution in [1.82, 2.24) is 0 Å². The van der Waals surface area contributed by atoms with E-state index >= 15 is 0 Å². The molecule has 0 bridgehead atoms. The van der Waals surface area contributed by atoms with Gasteiger partial charge in [-0.1, -0.05) is 12.2 Å². The first-order valence-corrected chi connectivity index (χ1v) is 9.73. The first kappa shape index (κ1) is 19.8. The van der Waals surface area contributed by atoms with Crippen LogP contribution in [0.2, 0.25) is 0 Å². The van der Waals surface area contributed by atoms with E-state index in [-0.39, 0.29) is 28.0 Å². The third-order valence-electron chi connectivity index (χ3n) is 4.71. The van der Waals surface area contributed by atoms with Crippen molar-refractivity contribution in [3.8, 4) is 16.9 Å². The van der Waals surface area contributed by atoms with E-state index in [0.717, 1.165) is 23.5 Å². The summed E-state index contributed by atoms with van der Waals surface area (Å²) in [6.07, 6.45) is 7.88. The molecule has 0 saturated carbocycles. The molecule has 9 heteroatoms. The maximum absolute atomic E-state index is 14.5. The van der Waals surface area contributed by atoms with Crippen LogP contribution in [0.1, 0.15) is 16.8 Å². The molecule has 1 aliphatic carbocycles. The van der Waals surface area contributed by atoms with Crippen LogP contribution in [-0.4, -0.2) is 24.1 Å². The van der Waals surface area contributed by atoms with Gasteiger partial charge in [-0.15, -0.1) is 11.3 Å². The van der Waals surface area contributed by atoms with Crippen LogP contribution in [0.3, 0.4) is 0 Å². The van der Waals surface area contributed by atoms with Gasteiger partial charge < -0.3 is 19.9 Å². The lowest BCUT2D eigenvalue weighted by molar-refractivity contribution is -0.115. The number of amides is 1. The predicted octanol–water partition coefficient (Wildman–Crippen LogP) is 4.71. The topological polar surface area (TPSA) is 84.9 Å². The molecular formula is C21H15F2NO5S. The van der Waals surface area contributed by atoms with Crippen molar-refractivity contribution in [1.29, 1.82) is 0 Å². The highest BCUT2D eigenvalue weighted by atomic mass is 32.1. The van der Waals surface area contributed by atoms with Crippen molar-refractivity contribution in [3.05, 3.63) is 70.5 Å². The molecule has 1 amide bonds. The Bertz CT molecular complexity index is 1130. The standard InChI is InChI=1S/C21H15F2NO5S/c1-28-11-7-13(22)17(14(23)8-11)12-9-30-20(18(12)21(26)27)24-19(25)16-6-10-4-2-3-5-15(10)29-16/h2-3,5-10H,4H2,1H3,(H,24,25)(H,26,27). The molecule has 2 aliphatic rings. The van der Waals surface area contributed by atoms with Crippen LogP contribution >= 0.6 is 11.3 Å². The number of carboxylic acids is 1. The van der Waals surface area contributed by atoms with Crippen LogP contribution in [0.4, 0.5) is 13.8 Å². The average molecular weight is 431 g/mol. The van der Waals surface area contributed by atoms with Crippen LogP contribution in [0, 0.1) is 17.6 Å². The van der Waals surface area contributed by atoms with Gasteiger partial charge in [-0.05, 0) is 18.6 Å². The number of rotatable bonds is 5. The zero-order valence-corrected chi connectivity index (χ0v) is 16.4. The number of allylic oxidation sites excluding steroid dienone is 4. The SMILES string of the molecule is COc1cc(F)c(-c2csc(NC(=O)C3=CC4CC=CC=C4O3)c2C(=O)O)c(F)c1. The summed E-state index contributed by atoms with van der Waals surface area (Å²) >= 11 is 0.852. The van der Waals surface area contributed by atoms with Crippen LogP contribution in [0.15, 0.2) is 53.3 Å². The summed E-state index contributed by atoms with van der Waals surface area (Å²) in [5.74, 6) is -3.43. The van der Waals surface area contributed by atoms with Gasteiger partial charge in [0.1, 0.15) is 33.7 Å². The van der Waals surface area contributed by atoms with E-state index in [2.05, 4.69) is 5.32 Å². The van der Waals surface area contributed by atoms with Gasteiger partial charge in [0.2, 0.25) is 0 Å². The molecule has 2 N–H and O–H groups in total. The van der Waals surface area contributed by atoms with Gasteiger partial charge >= 0.3 is 5.97 Å². The summed E-state index contributed by atoms with van der Waals surface area (Å²) in [4.78, 5) is 24.4. The molecule has 1 aromatic carbocycles. The second kappa shape index (κ2) is 7.75. The largest absolute Gasteiger partial charge is 0.497 e. The highest BCUT2D eigenvalue weighted by molar-refractivity contribution is 7.15. The number of anilines is 1. The lowest BCUT2D eigenvalue weighted by Crippen LogP contribution is -2.15. The molecule has 1 aliphatic heterocycles. The minimum atomic E-state index is -1.43. The fraction of sp³-hybridized carbons (Fsp3) is 0.143. The minimum absolute atomic E-state index is 0.0371. The van der Waals surface area contributed by atoms with E-state index in [1.165, 1.54) is 12.5 Å². The molecule has 0 saturated heterocycles. The molecule has 2 heterocycles. The van der Waals surface area contributed by atoms with Gasteiger partial charge in [-0.2, -0.15) is 0 Å². The van der Waals surface area contributed by atoms with E-state index in [1.807, 2.05) is 12.2 Å². The van der Waals surface area contributed by atoms with Gasteiger partial charge in [0.05, 0.1) is 12.7 Å². The Morgan fingerprint density at radius 2 is 2.03 bits per heavy atom. The number of nitrogens with one attached hydrogen (secondary N) is 1. The maximum Gasteiger partial charge on any atom is 0.339 e. The van der Waals surface area contributed by atoms with E-state index in [4.69, 9.17) is 9.47 Å². The van der Waals surface area contributed by atoms with E-state index in [9.17, 15) is 23.5 Å². The molecule has 1 aromatic heterocycles. The molecule has 0 fully saturated rings. The number of fused-ring (bicyclic) bond motifs is 1. The number of halogens is 2. The molecule has 1 atom stereocenters. The summed E-state index contributed by atoms with van der Waals surface area (Å²) in [5, 5.41) is 13.4. The van der Waals surface area contributed by atoms with Crippen molar-refractivity contribution in [2.24, 2.45) is 5.92 Å². The third-order valence-corrected chi connectivity index (χ3v) is 5.60. The highest BCUT2D eigenvalue weighted by Gasteiger charge is 2.30. The van der Waals surface area contributed by atoms with Gasteiger partial charge in [-0.25, -0.2) is 13.6 Å². The number of hydrogen-bond donors (Lipinski definition) is 2. The van der Waals surface area contributed by atoms with Crippen LogP contribution in [0.5, 0.6) is 5.75 Å². The molecule has 0 spiro atoms. The molecule has 1 unspecified atom stereocenters. The van der Waals surface area contributed by atoms with E-state index in [0.29, 0.717) is 12.2 Å². The summed E-state index contributed by atoms with van der Waals surface area (Å²) in [6.45, 7) is 0. The van der Waals surface area contributed by atoms with E-state index in [1.54, 1.807) is 12.2 Å². The Balaban J connectivity index is 1.66. The average Bonchev–Trinajstić information content (AvgIpc) is 3.31. The number of carboxylic acid groups (broad SMARTS) is 1. The quantitative estimate of drug-likeness (QED) is 0.716. The van der Waals surface area contributed by atoms with Crippen LogP contribution in [0.25, 0.3) is 11.1 Å². The Labute approximate surface area is 173 Å². The Morgan fingerprint density at radius 3 is 2.67 bits per heavy atom. The number of hydrogen-bond acceptors (Lipinski definition) is 5. The highest BCUT2D eigenvalue weighted by Crippen LogP contribution is 2.40. The summed E-state index contributed by atoms with van der Waals surface area (Å²) in [7, 11) is 1.26. The molecule has 30 heavy (non-hydrogen) atoms. The second-order valence-corrected chi connectivity index (χ2v) is 7.43. The lowest BCUT2D eigenvalue weighted by atomic mass is 10.00. The number of aromatic carboxylic acids is 1. The molecule has 154 valence electrons. The fourth-order valence-corrected chi connectivity index (χ4v) is 4.23. The van der Waals surface area contributed by atoms with Crippen molar-refractivity contribution < 1.29 is 33.0 Å². The Hall–Kier alpha value is -3.46. The monoisotopic (exact) mass is 431 g/mol. The molecule has 6 nitrogen and oxygen atoms in total. The summed E-state index contributed by atoms with van der Waals surface area (Å²) < 4.78 is 39.3. The fourth-order valence-electron chi connectivity index (χ4n) is 3.29. The van der Waals surface area contributed by atoms with E-state index < -0.39 is 34.6 Å².